The summed E-state index contributed by atoms with van der Waals surface area (Å²) in [6, 6.07) is 9.04. The summed E-state index contributed by atoms with van der Waals surface area (Å²) in [5, 5.41) is 16.5. The molecule has 1 fully saturated rings. The molecular weight excluding hydrogens is 490 g/mol. The average Bonchev–Trinajstić information content (AvgIpc) is 3.27. The lowest BCUT2D eigenvalue weighted by atomic mass is 9.95. The van der Waals surface area contributed by atoms with Crippen molar-refractivity contribution in [2.45, 2.75) is 32.4 Å². The highest BCUT2D eigenvalue weighted by Crippen LogP contribution is 2.26. The molecule has 4 rings (SSSR count). The fraction of sp³-hybridized carbons (Fsp3) is 0.391. The Kier molecular flexibility index (Phi) is 7.18. The summed E-state index contributed by atoms with van der Waals surface area (Å²) in [7, 11) is 1.24. The number of halogens is 2. The first-order valence-electron chi connectivity index (χ1n) is 11.3. The highest BCUT2D eigenvalue weighted by atomic mass is 19.3. The van der Waals surface area contributed by atoms with E-state index in [4.69, 9.17) is 15.2 Å². The molecule has 1 aliphatic heterocycles. The van der Waals surface area contributed by atoms with E-state index >= 15 is 0 Å². The zero-order chi connectivity index (χ0) is 26.7. The van der Waals surface area contributed by atoms with Gasteiger partial charge in [0.05, 0.1) is 25.0 Å². The Labute approximate surface area is 210 Å². The first-order valence-corrected chi connectivity index (χ1v) is 11.3. The van der Waals surface area contributed by atoms with Crippen LogP contribution in [0.4, 0.5) is 19.4 Å². The highest BCUT2D eigenvalue weighted by Gasteiger charge is 2.46. The molecule has 3 heterocycles. The minimum Gasteiger partial charge on any atom is -0.470 e. The molecule has 0 unspecified atom stereocenters. The summed E-state index contributed by atoms with van der Waals surface area (Å²) >= 11 is 0. The summed E-state index contributed by atoms with van der Waals surface area (Å²) in [6.45, 7) is 4.10. The SMILES string of the molecule is COC(=O)N1CCN(c2ccc(OCc3c(C)nnn3-c3ccc(C(F)F)cc3)nn2)C[C@@]1(C)C(N)=O. The first kappa shape index (κ1) is 25.7. The molecule has 0 spiro atoms. The van der Waals surface area contributed by atoms with Gasteiger partial charge in [0.2, 0.25) is 11.8 Å². The van der Waals surface area contributed by atoms with Gasteiger partial charge in [-0.1, -0.05) is 17.3 Å². The second kappa shape index (κ2) is 10.3. The molecule has 12 nitrogen and oxygen atoms in total. The van der Waals surface area contributed by atoms with E-state index < -0.39 is 24.0 Å². The topological polar surface area (TPSA) is 142 Å². The minimum atomic E-state index is -2.56. The maximum Gasteiger partial charge on any atom is 0.410 e. The number of rotatable bonds is 7. The molecule has 1 aliphatic rings. The number of amides is 2. The van der Waals surface area contributed by atoms with Crippen LogP contribution in [0.15, 0.2) is 36.4 Å². The number of carbonyl (C=O) groups excluding carboxylic acids is 2. The van der Waals surface area contributed by atoms with Gasteiger partial charge in [-0.25, -0.2) is 18.3 Å². The second-order valence-corrected chi connectivity index (χ2v) is 8.63. The van der Waals surface area contributed by atoms with Crippen molar-refractivity contribution in [3.05, 3.63) is 53.3 Å². The van der Waals surface area contributed by atoms with Crippen LogP contribution in [0.3, 0.4) is 0 Å². The molecule has 0 bridgehead atoms. The molecule has 0 saturated carbocycles. The lowest BCUT2D eigenvalue weighted by molar-refractivity contribution is -0.128. The molecule has 2 aromatic heterocycles. The Morgan fingerprint density at radius 2 is 1.84 bits per heavy atom. The van der Waals surface area contributed by atoms with Gasteiger partial charge in [-0.15, -0.1) is 15.3 Å². The number of aryl methyl sites for hydroxylation is 1. The summed E-state index contributed by atoms with van der Waals surface area (Å²) in [5.41, 5.74) is 6.01. The molecule has 1 aromatic carbocycles. The predicted molar refractivity (Wildman–Crippen MR) is 126 cm³/mol. The normalized spacial score (nSPS) is 17.7. The van der Waals surface area contributed by atoms with E-state index in [1.807, 2.05) is 0 Å². The predicted octanol–water partition coefficient (Wildman–Crippen LogP) is 2.01. The zero-order valence-corrected chi connectivity index (χ0v) is 20.5. The van der Waals surface area contributed by atoms with Crippen molar-refractivity contribution in [3.63, 3.8) is 0 Å². The number of benzene rings is 1. The number of piperazine rings is 1. The van der Waals surface area contributed by atoms with Crippen LogP contribution in [0.2, 0.25) is 0 Å². The molecule has 0 aliphatic carbocycles. The van der Waals surface area contributed by atoms with Crippen molar-refractivity contribution >= 4 is 17.8 Å². The van der Waals surface area contributed by atoms with Gasteiger partial charge in [0.25, 0.3) is 6.43 Å². The van der Waals surface area contributed by atoms with Gasteiger partial charge in [-0.3, -0.25) is 9.69 Å². The number of anilines is 1. The van der Waals surface area contributed by atoms with Crippen LogP contribution in [0.1, 0.15) is 30.3 Å². The van der Waals surface area contributed by atoms with Gasteiger partial charge < -0.3 is 20.1 Å². The Balaban J connectivity index is 1.45. The number of nitrogens with two attached hydrogens (primary N) is 1. The number of primary amides is 1. The number of alkyl halides is 2. The number of aromatic nitrogens is 5. The van der Waals surface area contributed by atoms with Gasteiger partial charge in [-0.2, -0.15) is 0 Å². The fourth-order valence-corrected chi connectivity index (χ4v) is 4.02. The molecule has 1 atom stereocenters. The molecule has 37 heavy (non-hydrogen) atoms. The number of carbonyl (C=O) groups is 2. The fourth-order valence-electron chi connectivity index (χ4n) is 4.02. The van der Waals surface area contributed by atoms with Gasteiger partial charge in [0, 0.05) is 24.7 Å². The van der Waals surface area contributed by atoms with Crippen molar-refractivity contribution in [1.29, 1.82) is 0 Å². The number of methoxy groups -OCH3 is 1. The Morgan fingerprint density at radius 1 is 1.11 bits per heavy atom. The number of hydrogen-bond donors (Lipinski definition) is 1. The second-order valence-electron chi connectivity index (χ2n) is 8.63. The largest absolute Gasteiger partial charge is 0.470 e. The molecule has 0 radical (unpaired) electrons. The summed E-state index contributed by atoms with van der Waals surface area (Å²) in [6.07, 6.45) is -3.19. The third-order valence-electron chi connectivity index (χ3n) is 6.27. The van der Waals surface area contributed by atoms with Crippen LogP contribution in [0.25, 0.3) is 5.69 Å². The maximum atomic E-state index is 12.9. The third-order valence-corrected chi connectivity index (χ3v) is 6.27. The Bertz CT molecular complexity index is 1270. The summed E-state index contributed by atoms with van der Waals surface area (Å²) < 4.78 is 37.8. The number of hydrogen-bond acceptors (Lipinski definition) is 9. The van der Waals surface area contributed by atoms with Crippen LogP contribution in [-0.2, 0) is 16.1 Å². The zero-order valence-electron chi connectivity index (χ0n) is 20.5. The number of nitrogens with zero attached hydrogens (tertiary/aromatic N) is 7. The van der Waals surface area contributed by atoms with E-state index in [-0.39, 0.29) is 31.1 Å². The van der Waals surface area contributed by atoms with Crippen molar-refractivity contribution < 1.29 is 27.8 Å². The Morgan fingerprint density at radius 3 is 2.43 bits per heavy atom. The van der Waals surface area contributed by atoms with Crippen LogP contribution >= 0.6 is 0 Å². The van der Waals surface area contributed by atoms with Crippen LogP contribution in [0.5, 0.6) is 5.88 Å². The quantitative estimate of drug-likeness (QED) is 0.499. The summed E-state index contributed by atoms with van der Waals surface area (Å²) in [5.74, 6) is 0.0427. The van der Waals surface area contributed by atoms with Crippen LogP contribution < -0.4 is 15.4 Å². The Hall–Kier alpha value is -4.36. The van der Waals surface area contributed by atoms with Crippen molar-refractivity contribution in [2.24, 2.45) is 5.73 Å². The van der Waals surface area contributed by atoms with E-state index in [1.165, 1.54) is 41.0 Å². The molecule has 1 saturated heterocycles. The third kappa shape index (κ3) is 5.13. The van der Waals surface area contributed by atoms with E-state index in [0.717, 1.165) is 0 Å². The van der Waals surface area contributed by atoms with E-state index in [2.05, 4.69) is 20.5 Å². The van der Waals surface area contributed by atoms with E-state index in [0.29, 0.717) is 29.4 Å². The smallest absolute Gasteiger partial charge is 0.410 e. The molecule has 2 N–H and O–H groups in total. The molecular formula is C23H26F2N8O4. The first-order chi connectivity index (χ1) is 17.6. The van der Waals surface area contributed by atoms with E-state index in [9.17, 15) is 18.4 Å². The standard InChI is InChI=1S/C23H26F2N8O4/c1-14-17(33(30-27-14)16-6-4-15(5-7-16)20(24)25)12-37-19-9-8-18(28-29-19)31-10-11-32(22(35)36-3)23(2,13-31)21(26)34/h4-9,20H,10-13H2,1-3H3,(H2,26,34)/t23-/m0/s1. The molecule has 2 amide bonds. The lowest BCUT2D eigenvalue weighted by Crippen LogP contribution is -2.68. The molecule has 196 valence electrons. The molecule has 3 aromatic rings. The average molecular weight is 517 g/mol. The van der Waals surface area contributed by atoms with Crippen molar-refractivity contribution in [1.82, 2.24) is 30.1 Å². The van der Waals surface area contributed by atoms with Crippen LogP contribution in [0, 0.1) is 6.92 Å². The van der Waals surface area contributed by atoms with Gasteiger partial charge >= 0.3 is 6.09 Å². The lowest BCUT2D eigenvalue weighted by Gasteiger charge is -2.46. The minimum absolute atomic E-state index is 0.0566. The monoisotopic (exact) mass is 516 g/mol. The van der Waals surface area contributed by atoms with Gasteiger partial charge in [0.15, 0.2) is 5.82 Å². The van der Waals surface area contributed by atoms with Gasteiger partial charge in [-0.05, 0) is 32.0 Å². The van der Waals surface area contributed by atoms with Crippen LogP contribution in [-0.4, -0.2) is 74.4 Å². The summed E-state index contributed by atoms with van der Waals surface area (Å²) in [4.78, 5) is 27.4. The highest BCUT2D eigenvalue weighted by molar-refractivity contribution is 5.89. The molecule has 14 heteroatoms. The number of ether oxygens (including phenoxy) is 2. The maximum absolute atomic E-state index is 12.9. The van der Waals surface area contributed by atoms with Crippen molar-refractivity contribution in [2.75, 3.05) is 31.6 Å². The van der Waals surface area contributed by atoms with Crippen molar-refractivity contribution in [3.8, 4) is 11.6 Å². The van der Waals surface area contributed by atoms with E-state index in [1.54, 1.807) is 30.9 Å². The van der Waals surface area contributed by atoms with Gasteiger partial charge in [0.1, 0.15) is 17.8 Å².